The maximum atomic E-state index is 13.4. The summed E-state index contributed by atoms with van der Waals surface area (Å²) in [7, 11) is 1.48. The maximum absolute atomic E-state index is 13.4. The number of benzene rings is 1. The van der Waals surface area contributed by atoms with Gasteiger partial charge in [0.25, 0.3) is 5.91 Å². The molecule has 0 saturated carbocycles. The van der Waals surface area contributed by atoms with Crippen molar-refractivity contribution in [1.29, 1.82) is 0 Å². The molecule has 1 aromatic carbocycles. The fourth-order valence-electron chi connectivity index (χ4n) is 4.33. The first-order valence-electron chi connectivity index (χ1n) is 12.3. The number of rotatable bonds is 9. The molecule has 4 N–H and O–H groups in total. The number of fused-ring (bicyclic) bond motifs is 1. The van der Waals surface area contributed by atoms with Crippen LogP contribution < -0.4 is 20.9 Å². The monoisotopic (exact) mass is 563 g/mol. The van der Waals surface area contributed by atoms with Gasteiger partial charge in [0.05, 0.1) is 48.6 Å². The van der Waals surface area contributed by atoms with Crippen LogP contribution in [0.1, 0.15) is 34.5 Å². The van der Waals surface area contributed by atoms with Gasteiger partial charge in [-0.05, 0) is 30.2 Å². The highest BCUT2D eigenvalue weighted by molar-refractivity contribution is 6.33. The number of ether oxygens (including phenoxy) is 1. The number of amides is 2. The van der Waals surface area contributed by atoms with Crippen LogP contribution in [0.3, 0.4) is 0 Å². The summed E-state index contributed by atoms with van der Waals surface area (Å²) < 4.78 is 5.13. The Labute approximate surface area is 234 Å². The summed E-state index contributed by atoms with van der Waals surface area (Å²) in [5, 5.41) is 16.1. The summed E-state index contributed by atoms with van der Waals surface area (Å²) in [4.78, 5) is 45.7. The summed E-state index contributed by atoms with van der Waals surface area (Å²) >= 11 is 6.42. The van der Waals surface area contributed by atoms with Crippen LogP contribution >= 0.6 is 11.6 Å². The Hall–Kier alpha value is -4.68. The molecule has 0 saturated heterocycles. The van der Waals surface area contributed by atoms with Crippen molar-refractivity contribution in [3.8, 4) is 17.1 Å². The molecule has 206 valence electrons. The number of allylic oxidation sites excluding steroid dienone is 1. The van der Waals surface area contributed by atoms with Crippen LogP contribution in [-0.4, -0.2) is 56.5 Å². The van der Waals surface area contributed by atoms with Crippen LogP contribution in [0.4, 0.5) is 5.95 Å². The summed E-state index contributed by atoms with van der Waals surface area (Å²) in [6.45, 7) is 1.57. The Kier molecular flexibility index (Phi) is 7.80. The van der Waals surface area contributed by atoms with Gasteiger partial charge in [-0.3, -0.25) is 9.59 Å². The van der Waals surface area contributed by atoms with Gasteiger partial charge in [0.1, 0.15) is 12.3 Å². The van der Waals surface area contributed by atoms with Gasteiger partial charge in [0.2, 0.25) is 17.7 Å². The van der Waals surface area contributed by atoms with Crippen molar-refractivity contribution in [3.63, 3.8) is 0 Å². The molecule has 2 aliphatic rings. The third-order valence-electron chi connectivity index (χ3n) is 6.53. The van der Waals surface area contributed by atoms with Gasteiger partial charge in [-0.2, -0.15) is 0 Å². The van der Waals surface area contributed by atoms with Crippen LogP contribution in [0.25, 0.3) is 11.3 Å². The third-order valence-corrected chi connectivity index (χ3v) is 6.81. The third kappa shape index (κ3) is 5.53. The SMILES string of the molecule is COc1cc([C@@H](CO)NC(=O)[C@@H](C)N2Cc3ccc(-c4nc(NC5=CNOC=C5)ncc4Cl)cc3C2=O)ccn1. The predicted octanol–water partition coefficient (Wildman–Crippen LogP) is 2.70. The molecule has 12 nitrogen and oxygen atoms in total. The van der Waals surface area contributed by atoms with E-state index in [1.54, 1.807) is 37.4 Å². The first-order chi connectivity index (χ1) is 19.4. The van der Waals surface area contributed by atoms with E-state index >= 15 is 0 Å². The van der Waals surface area contributed by atoms with E-state index in [-0.39, 0.29) is 19.1 Å². The van der Waals surface area contributed by atoms with Crippen LogP contribution in [0, 0.1) is 0 Å². The number of methoxy groups -OCH3 is 1. The molecule has 5 rings (SSSR count). The lowest BCUT2D eigenvalue weighted by Gasteiger charge is -2.26. The Bertz CT molecular complexity index is 1510. The highest BCUT2D eigenvalue weighted by atomic mass is 35.5. The van der Waals surface area contributed by atoms with E-state index in [0.717, 1.165) is 5.56 Å². The quantitative estimate of drug-likeness (QED) is 0.306. The highest BCUT2D eigenvalue weighted by Crippen LogP contribution is 2.32. The van der Waals surface area contributed by atoms with E-state index in [4.69, 9.17) is 21.2 Å². The second kappa shape index (κ2) is 11.6. The standard InChI is InChI=1S/C27H26ClN7O5/c1-15(25(37)33-22(14-36)16-5-7-29-23(10-16)39-2)35-13-18-4-3-17(9-20(18)26(35)38)24-21(28)12-30-27(34-24)32-19-6-8-40-31-11-19/h3-12,15,22,31,36H,13-14H2,1-2H3,(H,33,37)(H,30,32,34)/t15-,22-/m1/s1. The number of hydrogen-bond acceptors (Lipinski definition) is 10. The molecule has 2 amide bonds. The van der Waals surface area contributed by atoms with Crippen LogP contribution in [0.15, 0.2) is 67.0 Å². The molecule has 2 aliphatic heterocycles. The summed E-state index contributed by atoms with van der Waals surface area (Å²) in [6, 6.07) is 7.20. The van der Waals surface area contributed by atoms with Crippen molar-refractivity contribution in [2.45, 2.75) is 25.6 Å². The molecule has 0 fully saturated rings. The van der Waals surface area contributed by atoms with E-state index < -0.39 is 18.0 Å². The van der Waals surface area contributed by atoms with Gasteiger partial charge in [0.15, 0.2) is 0 Å². The van der Waals surface area contributed by atoms with Gasteiger partial charge in [-0.25, -0.2) is 20.4 Å². The molecule has 0 unspecified atom stereocenters. The highest BCUT2D eigenvalue weighted by Gasteiger charge is 2.35. The average Bonchev–Trinajstić information content (AvgIpc) is 3.32. The molecule has 0 spiro atoms. The molecule has 0 aliphatic carbocycles. The minimum atomic E-state index is -0.797. The van der Waals surface area contributed by atoms with Crippen molar-refractivity contribution in [3.05, 3.63) is 88.7 Å². The first-order valence-corrected chi connectivity index (χ1v) is 12.7. The van der Waals surface area contributed by atoms with E-state index in [0.29, 0.717) is 44.9 Å². The van der Waals surface area contributed by atoms with Crippen LogP contribution in [0.5, 0.6) is 5.88 Å². The molecule has 13 heteroatoms. The summed E-state index contributed by atoms with van der Waals surface area (Å²) in [6.07, 6.45) is 7.79. The number of halogens is 1. The van der Waals surface area contributed by atoms with E-state index in [1.807, 2.05) is 12.1 Å². The maximum Gasteiger partial charge on any atom is 0.255 e. The lowest BCUT2D eigenvalue weighted by Crippen LogP contribution is -2.46. The molecule has 3 aromatic rings. The summed E-state index contributed by atoms with van der Waals surface area (Å²) in [5.41, 5.74) is 6.23. The Morgan fingerprint density at radius 3 is 2.90 bits per heavy atom. The van der Waals surface area contributed by atoms with Crippen LogP contribution in [0.2, 0.25) is 5.02 Å². The van der Waals surface area contributed by atoms with Crippen molar-refractivity contribution in [2.24, 2.45) is 0 Å². The zero-order chi connectivity index (χ0) is 28.2. The topological polar surface area (TPSA) is 151 Å². The molecule has 40 heavy (non-hydrogen) atoms. The molecular formula is C27H26ClN7O5. The lowest BCUT2D eigenvalue weighted by atomic mass is 10.0. The van der Waals surface area contributed by atoms with Gasteiger partial charge >= 0.3 is 0 Å². The fraction of sp³-hybridized carbons (Fsp3) is 0.222. The van der Waals surface area contributed by atoms with Gasteiger partial charge in [-0.15, -0.1) is 0 Å². The Morgan fingerprint density at radius 1 is 1.30 bits per heavy atom. The number of nitrogens with zero attached hydrogens (tertiary/aromatic N) is 4. The summed E-state index contributed by atoms with van der Waals surface area (Å²) in [5.74, 6) is -0.0297. The minimum Gasteiger partial charge on any atom is -0.481 e. The fourth-order valence-corrected chi connectivity index (χ4v) is 4.53. The normalized spacial score (nSPS) is 15.3. The largest absolute Gasteiger partial charge is 0.481 e. The molecule has 4 heterocycles. The molecule has 2 atom stereocenters. The number of pyridine rings is 1. The number of carbonyl (C=O) groups is 2. The number of aliphatic hydroxyl groups excluding tert-OH is 1. The number of anilines is 1. The number of hydroxylamine groups is 1. The van der Waals surface area contributed by atoms with Gasteiger partial charge in [-0.1, -0.05) is 23.7 Å². The number of aliphatic hydroxyl groups is 1. The smallest absolute Gasteiger partial charge is 0.255 e. The van der Waals surface area contributed by atoms with Crippen molar-refractivity contribution in [1.82, 2.24) is 30.6 Å². The average molecular weight is 564 g/mol. The number of nitrogens with one attached hydrogen (secondary N) is 3. The van der Waals surface area contributed by atoms with E-state index in [2.05, 4.69) is 31.1 Å². The van der Waals surface area contributed by atoms with E-state index in [9.17, 15) is 14.7 Å². The predicted molar refractivity (Wildman–Crippen MR) is 146 cm³/mol. The number of aromatic nitrogens is 3. The second-order valence-electron chi connectivity index (χ2n) is 9.01. The molecule has 0 bridgehead atoms. The first kappa shape index (κ1) is 26.9. The van der Waals surface area contributed by atoms with Gasteiger partial charge < -0.3 is 30.2 Å². The lowest BCUT2D eigenvalue weighted by molar-refractivity contribution is -0.126. The van der Waals surface area contributed by atoms with Crippen LogP contribution in [-0.2, 0) is 16.2 Å². The Morgan fingerprint density at radius 2 is 2.15 bits per heavy atom. The molecular weight excluding hydrogens is 538 g/mol. The molecule has 0 radical (unpaired) electrons. The number of carbonyl (C=O) groups excluding carboxylic acids is 2. The zero-order valence-electron chi connectivity index (χ0n) is 21.6. The zero-order valence-corrected chi connectivity index (χ0v) is 22.3. The Balaban J connectivity index is 1.32. The molecule has 2 aromatic heterocycles. The van der Waals surface area contributed by atoms with Crippen molar-refractivity contribution in [2.75, 3.05) is 19.0 Å². The van der Waals surface area contributed by atoms with E-state index in [1.165, 1.54) is 30.7 Å². The minimum absolute atomic E-state index is 0.260. The van der Waals surface area contributed by atoms with Crippen molar-refractivity contribution < 1.29 is 24.3 Å². The van der Waals surface area contributed by atoms with Gasteiger partial charge in [0, 0.05) is 36.0 Å². The van der Waals surface area contributed by atoms with Crippen molar-refractivity contribution >= 4 is 29.4 Å². The number of hydrogen-bond donors (Lipinski definition) is 4. The second-order valence-corrected chi connectivity index (χ2v) is 9.42.